The molecule has 0 amide bonds. The zero-order valence-corrected chi connectivity index (χ0v) is 25.0. The van der Waals surface area contributed by atoms with E-state index in [0.717, 1.165) is 4.31 Å². The van der Waals surface area contributed by atoms with Gasteiger partial charge >= 0.3 is 17.4 Å². The van der Waals surface area contributed by atoms with Crippen LogP contribution in [0.25, 0.3) is 0 Å². The van der Waals surface area contributed by atoms with E-state index in [2.05, 4.69) is 12.6 Å². The fourth-order valence-electron chi connectivity index (χ4n) is 5.40. The number of hydrogen-bond donors (Lipinski definition) is 2. The second-order valence-electron chi connectivity index (χ2n) is 10.2. The maximum Gasteiger partial charge on any atom is 0.446 e. The molecule has 1 N–H and O–H groups in total. The third-order valence-corrected chi connectivity index (χ3v) is 10.7. The van der Waals surface area contributed by atoms with E-state index >= 15 is 0 Å². The summed E-state index contributed by atoms with van der Waals surface area (Å²) in [5.41, 5.74) is -2.27. The summed E-state index contributed by atoms with van der Waals surface area (Å²) in [6, 6.07) is 17.7. The summed E-state index contributed by atoms with van der Waals surface area (Å²) in [5.74, 6) is -2.61. The summed E-state index contributed by atoms with van der Waals surface area (Å²) in [5, 5.41) is 8.50. The number of anilines is 1. The highest BCUT2D eigenvalue weighted by molar-refractivity contribution is 8.00. The minimum Gasteiger partial charge on any atom is -0.481 e. The quantitative estimate of drug-likeness (QED) is 0.200. The molecule has 8 nitrogen and oxygen atoms in total. The molecule has 0 spiro atoms. The van der Waals surface area contributed by atoms with Crippen LogP contribution in [0.4, 0.5) is 18.9 Å². The number of rotatable bonds is 8. The number of carboxylic acid groups (broad SMARTS) is 1. The van der Waals surface area contributed by atoms with E-state index in [-0.39, 0.29) is 54.1 Å². The Hall–Kier alpha value is -3.20. The molecule has 3 atom stereocenters. The zero-order valence-electron chi connectivity index (χ0n) is 22.5. The summed E-state index contributed by atoms with van der Waals surface area (Å²) in [7, 11) is -4.39. The highest BCUT2D eigenvalue weighted by atomic mass is 32.2. The number of carbonyl (C=O) groups is 2. The molecule has 0 bridgehead atoms. The smallest absolute Gasteiger partial charge is 0.446 e. The molecule has 3 aromatic rings. The van der Waals surface area contributed by atoms with E-state index in [1.54, 1.807) is 47.4 Å². The number of esters is 1. The number of fused-ring (bicyclic) bond motifs is 1. The normalized spacial score (nSPS) is 20.9. The molecule has 228 valence electrons. The van der Waals surface area contributed by atoms with E-state index < -0.39 is 44.8 Å². The fraction of sp³-hybridized carbons (Fsp3) is 0.310. The van der Waals surface area contributed by atoms with Crippen molar-refractivity contribution in [3.8, 4) is 0 Å². The van der Waals surface area contributed by atoms with Gasteiger partial charge in [-0.15, -0.1) is 0 Å². The van der Waals surface area contributed by atoms with Crippen LogP contribution in [0.3, 0.4) is 0 Å². The van der Waals surface area contributed by atoms with Gasteiger partial charge in [0.2, 0.25) is 10.0 Å². The largest absolute Gasteiger partial charge is 0.481 e. The Morgan fingerprint density at radius 2 is 1.67 bits per heavy atom. The second-order valence-corrected chi connectivity index (χ2v) is 13.8. The van der Waals surface area contributed by atoms with Gasteiger partial charge in [-0.25, -0.2) is 8.42 Å². The Balaban J connectivity index is 1.47. The van der Waals surface area contributed by atoms with Crippen LogP contribution in [0.5, 0.6) is 0 Å². The maximum absolute atomic E-state index is 14.2. The summed E-state index contributed by atoms with van der Waals surface area (Å²) in [4.78, 5) is 26.8. The van der Waals surface area contributed by atoms with Crippen LogP contribution < -0.4 is 4.90 Å². The number of benzene rings is 3. The molecule has 0 saturated carbocycles. The second kappa shape index (κ2) is 12.4. The summed E-state index contributed by atoms with van der Waals surface area (Å²) in [6.45, 7) is -0.239. The van der Waals surface area contributed by atoms with Crippen molar-refractivity contribution in [2.45, 2.75) is 46.2 Å². The minimum atomic E-state index is -4.45. The highest BCUT2D eigenvalue weighted by Crippen LogP contribution is 2.39. The number of alkyl halides is 3. The van der Waals surface area contributed by atoms with Crippen molar-refractivity contribution in [2.75, 3.05) is 18.0 Å². The van der Waals surface area contributed by atoms with Crippen LogP contribution in [0.1, 0.15) is 16.7 Å². The molecule has 1 aliphatic carbocycles. The number of thiol groups is 1. The highest BCUT2D eigenvalue weighted by Gasteiger charge is 2.47. The van der Waals surface area contributed by atoms with Crippen LogP contribution >= 0.6 is 24.4 Å². The predicted molar refractivity (Wildman–Crippen MR) is 157 cm³/mol. The SMILES string of the molecule is O=C(O)C1Cc2cccc(S(=O)(=O)N3C(C(=O)OCc4ccccc4)CN(c4ccc(SC(F)(F)F)cc4)C[C@H]3S)c2C1. The van der Waals surface area contributed by atoms with E-state index in [9.17, 15) is 36.3 Å². The number of nitrogens with zero attached hydrogens (tertiary/aromatic N) is 2. The number of ether oxygens (including phenoxy) is 1. The monoisotopic (exact) mass is 652 g/mol. The number of piperazine rings is 1. The molecule has 0 radical (unpaired) electrons. The minimum absolute atomic E-state index is 0.0172. The first kappa shape index (κ1) is 31.2. The Morgan fingerprint density at radius 3 is 2.33 bits per heavy atom. The van der Waals surface area contributed by atoms with Gasteiger partial charge in [0.25, 0.3) is 0 Å². The van der Waals surface area contributed by atoms with E-state index in [0.29, 0.717) is 22.4 Å². The lowest BCUT2D eigenvalue weighted by atomic mass is 10.1. The fourth-order valence-corrected chi connectivity index (χ4v) is 8.55. The van der Waals surface area contributed by atoms with E-state index in [1.165, 1.54) is 30.3 Å². The van der Waals surface area contributed by atoms with Gasteiger partial charge < -0.3 is 14.7 Å². The lowest BCUT2D eigenvalue weighted by Gasteiger charge is -2.43. The van der Waals surface area contributed by atoms with Crippen molar-refractivity contribution in [2.24, 2.45) is 5.92 Å². The molecular formula is C29H27F3N2O6S3. The molecular weight excluding hydrogens is 626 g/mol. The maximum atomic E-state index is 14.2. The molecule has 2 unspecified atom stereocenters. The molecule has 1 aliphatic heterocycles. The number of sulfonamides is 1. The van der Waals surface area contributed by atoms with Crippen molar-refractivity contribution in [3.63, 3.8) is 0 Å². The van der Waals surface area contributed by atoms with Gasteiger partial charge in [0, 0.05) is 23.7 Å². The van der Waals surface area contributed by atoms with Crippen molar-refractivity contribution in [1.82, 2.24) is 4.31 Å². The van der Waals surface area contributed by atoms with Crippen LogP contribution in [0.2, 0.25) is 0 Å². The van der Waals surface area contributed by atoms with Gasteiger partial charge in [-0.05, 0) is 71.6 Å². The number of hydrogen-bond acceptors (Lipinski definition) is 8. The average molecular weight is 653 g/mol. The topological polar surface area (TPSA) is 104 Å². The number of carbonyl (C=O) groups excluding carboxylic acids is 1. The van der Waals surface area contributed by atoms with Gasteiger partial charge in [-0.3, -0.25) is 9.59 Å². The lowest BCUT2D eigenvalue weighted by Crippen LogP contribution is -2.62. The van der Waals surface area contributed by atoms with Crippen molar-refractivity contribution in [1.29, 1.82) is 0 Å². The summed E-state index contributed by atoms with van der Waals surface area (Å²) < 4.78 is 73.5. The molecule has 5 rings (SSSR count). The Kier molecular flexibility index (Phi) is 9.02. The summed E-state index contributed by atoms with van der Waals surface area (Å²) in [6.07, 6.45) is 0.222. The molecule has 1 heterocycles. The van der Waals surface area contributed by atoms with Crippen molar-refractivity contribution in [3.05, 3.63) is 89.5 Å². The third-order valence-electron chi connectivity index (χ3n) is 7.36. The third kappa shape index (κ3) is 6.97. The average Bonchev–Trinajstić information content (AvgIpc) is 3.40. The Labute approximate surface area is 256 Å². The first-order chi connectivity index (χ1) is 20.3. The molecule has 14 heteroatoms. The Bertz CT molecular complexity index is 1600. The molecule has 3 aromatic carbocycles. The van der Waals surface area contributed by atoms with Crippen LogP contribution in [0, 0.1) is 5.92 Å². The number of aliphatic carboxylic acids is 1. The van der Waals surface area contributed by atoms with E-state index in [1.807, 2.05) is 0 Å². The molecule has 1 saturated heterocycles. The number of carboxylic acids is 1. The van der Waals surface area contributed by atoms with Crippen LogP contribution in [-0.2, 0) is 43.8 Å². The van der Waals surface area contributed by atoms with Gasteiger partial charge in [-0.2, -0.15) is 30.1 Å². The predicted octanol–water partition coefficient (Wildman–Crippen LogP) is 4.98. The standard InChI is InChI=1S/C29H27F3N2O6S3/c30-29(31,32)42-22-11-9-21(10-12-22)33-15-24(28(37)40-17-18-5-2-1-3-6-18)34(26(41)16-33)43(38,39)25-8-4-7-19-13-20(27(35)36)14-23(19)25/h1-12,20,24,26,41H,13-17H2,(H,35,36)/t20?,24?,26-/m1/s1. The lowest BCUT2D eigenvalue weighted by molar-refractivity contribution is -0.150. The van der Waals surface area contributed by atoms with Crippen molar-refractivity contribution >= 4 is 52.0 Å². The number of halogens is 3. The molecule has 1 fully saturated rings. The molecule has 0 aromatic heterocycles. The van der Waals surface area contributed by atoms with Crippen LogP contribution in [0.15, 0.2) is 82.6 Å². The van der Waals surface area contributed by atoms with E-state index in [4.69, 9.17) is 4.74 Å². The van der Waals surface area contributed by atoms with Gasteiger partial charge in [0.05, 0.1) is 16.2 Å². The van der Waals surface area contributed by atoms with Gasteiger partial charge in [-0.1, -0.05) is 42.5 Å². The molecule has 2 aliphatic rings. The summed E-state index contributed by atoms with van der Waals surface area (Å²) >= 11 is 4.33. The first-order valence-corrected chi connectivity index (χ1v) is 16.0. The first-order valence-electron chi connectivity index (χ1n) is 13.2. The Morgan fingerprint density at radius 1 is 0.977 bits per heavy atom. The molecule has 43 heavy (non-hydrogen) atoms. The van der Waals surface area contributed by atoms with Gasteiger partial charge in [0.1, 0.15) is 12.6 Å². The number of thioether (sulfide) groups is 1. The van der Waals surface area contributed by atoms with Crippen LogP contribution in [-0.4, -0.2) is 59.8 Å². The zero-order chi connectivity index (χ0) is 30.9. The van der Waals surface area contributed by atoms with Gasteiger partial charge in [0.15, 0.2) is 0 Å². The van der Waals surface area contributed by atoms with Crippen molar-refractivity contribution < 1.29 is 41.0 Å².